The van der Waals surface area contributed by atoms with Gasteiger partial charge in [-0.15, -0.1) is 0 Å². The molecule has 0 heterocycles. The van der Waals surface area contributed by atoms with Crippen LogP contribution in [0, 0.1) is 0 Å². The minimum absolute atomic E-state index is 0.259. The first kappa shape index (κ1) is 8.67. The van der Waals surface area contributed by atoms with Gasteiger partial charge in [0.25, 0.3) is 10.1 Å². The highest BCUT2D eigenvalue weighted by atomic mass is 32.2. The summed E-state index contributed by atoms with van der Waals surface area (Å²) in [6, 6.07) is 0. The van der Waals surface area contributed by atoms with E-state index in [9.17, 15) is 13.2 Å². The van der Waals surface area contributed by atoms with Gasteiger partial charge in [0.15, 0.2) is 4.75 Å². The van der Waals surface area contributed by atoms with Crippen LogP contribution in [-0.2, 0) is 14.9 Å². The monoisotopic (exact) mass is 178 g/mol. The van der Waals surface area contributed by atoms with Crippen molar-refractivity contribution in [1.29, 1.82) is 0 Å². The molecule has 1 fully saturated rings. The van der Waals surface area contributed by atoms with Crippen molar-refractivity contribution in [2.45, 2.75) is 30.4 Å². The molecule has 1 aliphatic rings. The minimum atomic E-state index is -4.18. The molecular weight excluding hydrogens is 168 g/mol. The van der Waals surface area contributed by atoms with Crippen molar-refractivity contribution in [3.8, 4) is 0 Å². The topological polar surface area (TPSA) is 71.4 Å². The zero-order valence-corrected chi connectivity index (χ0v) is 6.80. The van der Waals surface area contributed by atoms with Crippen LogP contribution < -0.4 is 0 Å². The first-order valence-corrected chi connectivity index (χ1v) is 4.89. The Kier molecular flexibility index (Phi) is 2.02. The van der Waals surface area contributed by atoms with E-state index in [1.54, 1.807) is 0 Å². The maximum atomic E-state index is 10.7. The lowest BCUT2D eigenvalue weighted by Crippen LogP contribution is -2.36. The summed E-state index contributed by atoms with van der Waals surface area (Å²) in [6.07, 6.45) is 2.26. The summed E-state index contributed by atoms with van der Waals surface area (Å²) in [7, 11) is -4.18. The molecular formula is C6H10O4S. The summed E-state index contributed by atoms with van der Waals surface area (Å²) in [5.74, 6) is 0. The summed E-state index contributed by atoms with van der Waals surface area (Å²) in [5.41, 5.74) is 0. The predicted molar refractivity (Wildman–Crippen MR) is 38.8 cm³/mol. The third-order valence-corrected chi connectivity index (χ3v) is 3.71. The number of aldehydes is 1. The van der Waals surface area contributed by atoms with E-state index >= 15 is 0 Å². The average Bonchev–Trinajstić information content (AvgIpc) is 2.33. The van der Waals surface area contributed by atoms with Crippen LogP contribution in [0.5, 0.6) is 0 Å². The Bertz CT molecular complexity index is 248. The molecule has 0 saturated heterocycles. The van der Waals surface area contributed by atoms with Gasteiger partial charge in [-0.1, -0.05) is 12.8 Å². The highest BCUT2D eigenvalue weighted by molar-refractivity contribution is 7.88. The maximum Gasteiger partial charge on any atom is 0.277 e. The lowest BCUT2D eigenvalue weighted by atomic mass is 10.1. The van der Waals surface area contributed by atoms with E-state index in [-0.39, 0.29) is 12.8 Å². The normalized spacial score (nSPS) is 23.4. The summed E-state index contributed by atoms with van der Waals surface area (Å²) in [5, 5.41) is 0. The number of rotatable bonds is 2. The van der Waals surface area contributed by atoms with E-state index in [4.69, 9.17) is 4.55 Å². The van der Waals surface area contributed by atoms with E-state index in [0.717, 1.165) is 0 Å². The fourth-order valence-electron chi connectivity index (χ4n) is 1.41. The van der Waals surface area contributed by atoms with Gasteiger partial charge < -0.3 is 4.79 Å². The minimum Gasteiger partial charge on any atom is -0.302 e. The highest BCUT2D eigenvalue weighted by Crippen LogP contribution is 2.34. The van der Waals surface area contributed by atoms with Crippen molar-refractivity contribution in [3.05, 3.63) is 0 Å². The lowest BCUT2D eigenvalue weighted by Gasteiger charge is -2.16. The molecule has 0 atom stereocenters. The number of hydrogen-bond donors (Lipinski definition) is 1. The molecule has 1 aliphatic carbocycles. The molecule has 64 valence electrons. The highest BCUT2D eigenvalue weighted by Gasteiger charge is 2.45. The number of carbonyl (C=O) groups excluding carboxylic acids is 1. The van der Waals surface area contributed by atoms with Crippen molar-refractivity contribution >= 4 is 16.4 Å². The van der Waals surface area contributed by atoms with Crippen LogP contribution in [0.3, 0.4) is 0 Å². The Morgan fingerprint density at radius 1 is 1.27 bits per heavy atom. The van der Waals surface area contributed by atoms with Gasteiger partial charge in [-0.25, -0.2) is 0 Å². The molecule has 0 amide bonds. The molecule has 0 aliphatic heterocycles. The van der Waals surface area contributed by atoms with Gasteiger partial charge >= 0.3 is 0 Å². The zero-order valence-electron chi connectivity index (χ0n) is 5.99. The summed E-state index contributed by atoms with van der Waals surface area (Å²) in [4.78, 5) is 10.4. The molecule has 1 rings (SSSR count). The standard InChI is InChI=1S/C6H10O4S/c7-5-6(11(8,9)10)3-1-2-4-6/h5H,1-4H2,(H,8,9,10). The maximum absolute atomic E-state index is 10.7. The van der Waals surface area contributed by atoms with Crippen molar-refractivity contribution < 1.29 is 17.8 Å². The van der Waals surface area contributed by atoms with Crippen molar-refractivity contribution in [2.24, 2.45) is 0 Å². The average molecular weight is 178 g/mol. The van der Waals surface area contributed by atoms with Gasteiger partial charge in [0.05, 0.1) is 0 Å². The van der Waals surface area contributed by atoms with E-state index < -0.39 is 14.9 Å². The van der Waals surface area contributed by atoms with Gasteiger partial charge in [-0.05, 0) is 12.8 Å². The van der Waals surface area contributed by atoms with Crippen molar-refractivity contribution in [1.82, 2.24) is 0 Å². The van der Waals surface area contributed by atoms with E-state index in [1.165, 1.54) is 0 Å². The SMILES string of the molecule is O=CC1(S(=O)(=O)O)CCCC1. The molecule has 1 saturated carbocycles. The lowest BCUT2D eigenvalue weighted by molar-refractivity contribution is -0.110. The van der Waals surface area contributed by atoms with Crippen LogP contribution in [0.2, 0.25) is 0 Å². The largest absolute Gasteiger partial charge is 0.302 e. The van der Waals surface area contributed by atoms with Crippen LogP contribution in [-0.4, -0.2) is 24.0 Å². The van der Waals surface area contributed by atoms with E-state index in [0.29, 0.717) is 19.1 Å². The second-order valence-corrected chi connectivity index (χ2v) is 4.63. The molecule has 0 aromatic heterocycles. The molecule has 1 N–H and O–H groups in total. The molecule has 5 heteroatoms. The molecule has 4 nitrogen and oxygen atoms in total. The first-order chi connectivity index (χ1) is 5.02. The van der Waals surface area contributed by atoms with E-state index in [2.05, 4.69) is 0 Å². The first-order valence-electron chi connectivity index (χ1n) is 3.45. The van der Waals surface area contributed by atoms with Crippen LogP contribution in [0.25, 0.3) is 0 Å². The quantitative estimate of drug-likeness (QED) is 0.490. The Balaban J connectivity index is 3.02. The molecule has 0 aromatic carbocycles. The second-order valence-electron chi connectivity index (χ2n) is 2.86. The molecule has 0 radical (unpaired) electrons. The third kappa shape index (κ3) is 1.30. The van der Waals surface area contributed by atoms with Gasteiger partial charge in [-0.2, -0.15) is 8.42 Å². The molecule has 0 aromatic rings. The van der Waals surface area contributed by atoms with Crippen LogP contribution in [0.15, 0.2) is 0 Å². The second kappa shape index (κ2) is 2.57. The molecule has 11 heavy (non-hydrogen) atoms. The predicted octanol–water partition coefficient (Wildman–Crippen LogP) is 0.386. The number of hydrogen-bond acceptors (Lipinski definition) is 3. The Hall–Kier alpha value is -0.420. The Morgan fingerprint density at radius 2 is 1.73 bits per heavy atom. The summed E-state index contributed by atoms with van der Waals surface area (Å²) >= 11 is 0. The zero-order chi connectivity index (χ0) is 8.54. The smallest absolute Gasteiger partial charge is 0.277 e. The number of carbonyl (C=O) groups is 1. The third-order valence-electron chi connectivity index (χ3n) is 2.18. The summed E-state index contributed by atoms with van der Waals surface area (Å²) < 4.78 is 28.7. The molecule has 0 spiro atoms. The molecule has 0 unspecified atom stereocenters. The van der Waals surface area contributed by atoms with Crippen molar-refractivity contribution in [2.75, 3.05) is 0 Å². The fraction of sp³-hybridized carbons (Fsp3) is 0.833. The van der Waals surface area contributed by atoms with Crippen LogP contribution in [0.1, 0.15) is 25.7 Å². The molecule has 0 bridgehead atoms. The Morgan fingerprint density at radius 3 is 1.91 bits per heavy atom. The van der Waals surface area contributed by atoms with Crippen molar-refractivity contribution in [3.63, 3.8) is 0 Å². The van der Waals surface area contributed by atoms with Gasteiger partial charge in [0.2, 0.25) is 0 Å². The van der Waals surface area contributed by atoms with E-state index in [1.807, 2.05) is 0 Å². The van der Waals surface area contributed by atoms with Gasteiger partial charge in [0.1, 0.15) is 6.29 Å². The van der Waals surface area contributed by atoms with Crippen LogP contribution in [0.4, 0.5) is 0 Å². The Labute approximate surface area is 65.3 Å². The van der Waals surface area contributed by atoms with Gasteiger partial charge in [0, 0.05) is 0 Å². The van der Waals surface area contributed by atoms with Gasteiger partial charge in [-0.3, -0.25) is 4.55 Å². The fourth-order valence-corrected chi connectivity index (χ4v) is 2.34. The summed E-state index contributed by atoms with van der Waals surface area (Å²) in [6.45, 7) is 0. The van der Waals surface area contributed by atoms with Crippen LogP contribution >= 0.6 is 0 Å².